The molecule has 0 radical (unpaired) electrons. The van der Waals surface area contributed by atoms with E-state index >= 15 is 0 Å². The van der Waals surface area contributed by atoms with Crippen LogP contribution >= 0.6 is 0 Å². The monoisotopic (exact) mass is 330 g/mol. The number of nitrogens with one attached hydrogen (secondary N) is 1. The Hall–Kier alpha value is -1.98. The molecule has 130 valence electrons. The van der Waals surface area contributed by atoms with Crippen molar-refractivity contribution in [3.8, 4) is 0 Å². The van der Waals surface area contributed by atoms with Crippen molar-refractivity contribution in [2.75, 3.05) is 13.1 Å². The van der Waals surface area contributed by atoms with E-state index < -0.39 is 0 Å². The molecule has 1 aliphatic carbocycles. The number of likely N-dealkylation sites (tertiary alicyclic amines) is 1. The van der Waals surface area contributed by atoms with E-state index in [0.717, 1.165) is 45.2 Å². The van der Waals surface area contributed by atoms with Gasteiger partial charge >= 0.3 is 0 Å². The Kier molecular flexibility index (Phi) is 4.83. The highest BCUT2D eigenvalue weighted by Gasteiger charge is 2.44. The van der Waals surface area contributed by atoms with Gasteiger partial charge in [0, 0.05) is 25.0 Å². The molecular formula is C18H26N4O2. The number of amides is 2. The SMILES string of the molecule is CC(C)NC(=O)[C@@H]1CCC2(CCN(C(=O)c3ccnnc3)CC2)C1. The summed E-state index contributed by atoms with van der Waals surface area (Å²) in [5.74, 6) is 0.370. The first-order valence-corrected chi connectivity index (χ1v) is 8.85. The summed E-state index contributed by atoms with van der Waals surface area (Å²) in [6.45, 7) is 5.53. The van der Waals surface area contributed by atoms with Crippen LogP contribution in [0.1, 0.15) is 56.3 Å². The van der Waals surface area contributed by atoms with Crippen LogP contribution in [0.25, 0.3) is 0 Å². The van der Waals surface area contributed by atoms with Crippen LogP contribution in [0, 0.1) is 11.3 Å². The van der Waals surface area contributed by atoms with Crippen molar-refractivity contribution in [3.63, 3.8) is 0 Å². The van der Waals surface area contributed by atoms with E-state index in [-0.39, 0.29) is 29.2 Å². The highest BCUT2D eigenvalue weighted by molar-refractivity contribution is 5.93. The number of piperidine rings is 1. The van der Waals surface area contributed by atoms with Crippen molar-refractivity contribution in [3.05, 3.63) is 24.0 Å². The average molecular weight is 330 g/mol. The van der Waals surface area contributed by atoms with Crippen molar-refractivity contribution < 1.29 is 9.59 Å². The molecule has 1 saturated heterocycles. The molecule has 3 rings (SSSR count). The Morgan fingerprint density at radius 3 is 2.62 bits per heavy atom. The summed E-state index contributed by atoms with van der Waals surface area (Å²) < 4.78 is 0. The maximum atomic E-state index is 12.5. The maximum absolute atomic E-state index is 12.5. The standard InChI is InChI=1S/C18H26N4O2/c1-13(2)21-16(23)14-3-5-18(11-14)6-9-22(10-7-18)17(24)15-4-8-19-20-12-15/h4,8,12-14H,3,5-7,9-11H2,1-2H3,(H,21,23)/t14-/m1/s1. The van der Waals surface area contributed by atoms with Gasteiger partial charge in [0.05, 0.1) is 18.0 Å². The second-order valence-corrected chi connectivity index (χ2v) is 7.53. The Morgan fingerprint density at radius 1 is 1.25 bits per heavy atom. The van der Waals surface area contributed by atoms with Gasteiger partial charge in [-0.2, -0.15) is 10.2 Å². The van der Waals surface area contributed by atoms with Gasteiger partial charge in [-0.05, 0) is 57.4 Å². The second-order valence-electron chi connectivity index (χ2n) is 7.53. The fourth-order valence-electron chi connectivity index (χ4n) is 4.07. The predicted octanol–water partition coefficient (Wildman–Crippen LogP) is 2.02. The van der Waals surface area contributed by atoms with Gasteiger partial charge in [-0.15, -0.1) is 0 Å². The third kappa shape index (κ3) is 3.57. The molecule has 2 heterocycles. The van der Waals surface area contributed by atoms with E-state index in [2.05, 4.69) is 15.5 Å². The minimum absolute atomic E-state index is 0.0341. The zero-order valence-electron chi connectivity index (χ0n) is 14.5. The Bertz CT molecular complexity index is 594. The van der Waals surface area contributed by atoms with E-state index in [1.807, 2.05) is 18.7 Å². The zero-order valence-corrected chi connectivity index (χ0v) is 14.5. The number of nitrogens with zero attached hydrogens (tertiary/aromatic N) is 3. The van der Waals surface area contributed by atoms with Crippen LogP contribution in [0.15, 0.2) is 18.5 Å². The zero-order chi connectivity index (χ0) is 17.2. The van der Waals surface area contributed by atoms with E-state index in [9.17, 15) is 9.59 Å². The molecule has 2 fully saturated rings. The van der Waals surface area contributed by atoms with Crippen LogP contribution in [0.3, 0.4) is 0 Å². The molecule has 1 spiro atoms. The molecule has 0 aromatic carbocycles. The summed E-state index contributed by atoms with van der Waals surface area (Å²) in [6, 6.07) is 1.91. The predicted molar refractivity (Wildman–Crippen MR) is 90.2 cm³/mol. The minimum Gasteiger partial charge on any atom is -0.354 e. The van der Waals surface area contributed by atoms with Crippen LogP contribution < -0.4 is 5.32 Å². The first-order valence-electron chi connectivity index (χ1n) is 8.85. The van der Waals surface area contributed by atoms with Crippen molar-refractivity contribution >= 4 is 11.8 Å². The molecule has 2 amide bonds. The van der Waals surface area contributed by atoms with Crippen molar-refractivity contribution in [2.45, 2.75) is 52.0 Å². The van der Waals surface area contributed by atoms with Gasteiger partial charge in [-0.25, -0.2) is 0 Å². The summed E-state index contributed by atoms with van der Waals surface area (Å²) in [6.07, 6.45) is 8.08. The highest BCUT2D eigenvalue weighted by atomic mass is 16.2. The lowest BCUT2D eigenvalue weighted by Gasteiger charge is -2.39. The molecule has 1 N–H and O–H groups in total. The van der Waals surface area contributed by atoms with Crippen molar-refractivity contribution in [1.29, 1.82) is 0 Å². The smallest absolute Gasteiger partial charge is 0.255 e. The van der Waals surface area contributed by atoms with E-state index in [1.54, 1.807) is 12.3 Å². The summed E-state index contributed by atoms with van der Waals surface area (Å²) in [5, 5.41) is 10.5. The molecule has 2 aliphatic rings. The average Bonchev–Trinajstić information content (AvgIpc) is 2.99. The number of hydrogen-bond donors (Lipinski definition) is 1. The molecule has 1 aliphatic heterocycles. The Labute approximate surface area is 143 Å². The van der Waals surface area contributed by atoms with Gasteiger partial charge in [0.25, 0.3) is 5.91 Å². The Balaban J connectivity index is 1.56. The molecule has 6 nitrogen and oxygen atoms in total. The van der Waals surface area contributed by atoms with Crippen LogP contribution in [0.5, 0.6) is 0 Å². The number of aromatic nitrogens is 2. The number of carbonyl (C=O) groups is 2. The lowest BCUT2D eigenvalue weighted by atomic mass is 9.76. The summed E-state index contributed by atoms with van der Waals surface area (Å²) in [7, 11) is 0. The lowest BCUT2D eigenvalue weighted by molar-refractivity contribution is -0.125. The fraction of sp³-hybridized carbons (Fsp3) is 0.667. The molecule has 0 unspecified atom stereocenters. The number of rotatable bonds is 3. The van der Waals surface area contributed by atoms with Gasteiger partial charge in [0.1, 0.15) is 0 Å². The molecule has 1 atom stereocenters. The number of hydrogen-bond acceptors (Lipinski definition) is 4. The largest absolute Gasteiger partial charge is 0.354 e. The Morgan fingerprint density at radius 2 is 2.00 bits per heavy atom. The molecule has 6 heteroatoms. The summed E-state index contributed by atoms with van der Waals surface area (Å²) in [4.78, 5) is 26.6. The van der Waals surface area contributed by atoms with E-state index in [0.29, 0.717) is 5.56 Å². The van der Waals surface area contributed by atoms with Crippen LogP contribution in [0.2, 0.25) is 0 Å². The quantitative estimate of drug-likeness (QED) is 0.920. The number of carbonyl (C=O) groups excluding carboxylic acids is 2. The molecular weight excluding hydrogens is 304 g/mol. The van der Waals surface area contributed by atoms with Crippen LogP contribution in [0.4, 0.5) is 0 Å². The maximum Gasteiger partial charge on any atom is 0.255 e. The third-order valence-electron chi connectivity index (χ3n) is 5.45. The van der Waals surface area contributed by atoms with Gasteiger partial charge in [0.2, 0.25) is 5.91 Å². The lowest BCUT2D eigenvalue weighted by Crippen LogP contribution is -2.43. The van der Waals surface area contributed by atoms with E-state index in [1.165, 1.54) is 6.20 Å². The molecule has 1 aromatic heterocycles. The van der Waals surface area contributed by atoms with Gasteiger partial charge < -0.3 is 10.2 Å². The summed E-state index contributed by atoms with van der Waals surface area (Å²) >= 11 is 0. The normalized spacial score (nSPS) is 22.8. The van der Waals surface area contributed by atoms with Crippen molar-refractivity contribution in [2.24, 2.45) is 11.3 Å². The van der Waals surface area contributed by atoms with Gasteiger partial charge in [-0.3, -0.25) is 9.59 Å². The fourth-order valence-corrected chi connectivity index (χ4v) is 4.07. The molecule has 1 saturated carbocycles. The first kappa shape index (κ1) is 16.9. The van der Waals surface area contributed by atoms with E-state index in [4.69, 9.17) is 0 Å². The van der Waals surface area contributed by atoms with Gasteiger partial charge in [0.15, 0.2) is 0 Å². The minimum atomic E-state index is 0.0341. The van der Waals surface area contributed by atoms with Crippen LogP contribution in [-0.4, -0.2) is 46.0 Å². The summed E-state index contributed by atoms with van der Waals surface area (Å²) in [5.41, 5.74) is 0.841. The van der Waals surface area contributed by atoms with Crippen molar-refractivity contribution in [1.82, 2.24) is 20.4 Å². The first-order chi connectivity index (χ1) is 11.5. The highest BCUT2D eigenvalue weighted by Crippen LogP contribution is 2.49. The van der Waals surface area contributed by atoms with Gasteiger partial charge in [-0.1, -0.05) is 0 Å². The molecule has 0 bridgehead atoms. The molecule has 24 heavy (non-hydrogen) atoms. The molecule has 1 aromatic rings. The topological polar surface area (TPSA) is 75.2 Å². The second kappa shape index (κ2) is 6.87. The third-order valence-corrected chi connectivity index (χ3v) is 5.45. The van der Waals surface area contributed by atoms with Crippen LogP contribution in [-0.2, 0) is 4.79 Å².